The van der Waals surface area contributed by atoms with Crippen molar-refractivity contribution in [2.45, 2.75) is 6.42 Å². The number of carbonyl (C=O) groups excluding carboxylic acids is 1. The molecular formula is C30H30N2O4. The normalized spacial score (nSPS) is 10.3. The molecule has 6 nitrogen and oxygen atoms in total. The molecule has 0 unspecified atom stereocenters. The Bertz CT molecular complexity index is 1200. The van der Waals surface area contributed by atoms with Crippen LogP contribution in [0, 0.1) is 0 Å². The number of carbonyl (C=O) groups is 1. The van der Waals surface area contributed by atoms with Crippen molar-refractivity contribution in [3.05, 3.63) is 115 Å². The van der Waals surface area contributed by atoms with Crippen molar-refractivity contribution in [1.82, 2.24) is 0 Å². The quantitative estimate of drug-likeness (QED) is 0.235. The summed E-state index contributed by atoms with van der Waals surface area (Å²) in [5.74, 6) is 2.15. The van der Waals surface area contributed by atoms with Crippen molar-refractivity contribution in [3.8, 4) is 17.2 Å². The van der Waals surface area contributed by atoms with Crippen LogP contribution in [0.2, 0.25) is 0 Å². The SMILES string of the molecule is O=C(CNc1cccc(OCCc2ccccc2)c1)Nc1ccc(OCCOc2ccccc2)cc1. The van der Waals surface area contributed by atoms with Crippen molar-refractivity contribution >= 4 is 17.3 Å². The van der Waals surface area contributed by atoms with Gasteiger partial charge in [-0.1, -0.05) is 54.6 Å². The molecule has 0 saturated carbocycles. The lowest BCUT2D eigenvalue weighted by Crippen LogP contribution is -2.21. The summed E-state index contributed by atoms with van der Waals surface area (Å²) in [6.07, 6.45) is 0.839. The summed E-state index contributed by atoms with van der Waals surface area (Å²) < 4.78 is 17.2. The number of para-hydroxylation sites is 1. The Morgan fingerprint density at radius 3 is 1.92 bits per heavy atom. The van der Waals surface area contributed by atoms with Gasteiger partial charge in [0, 0.05) is 23.9 Å². The molecule has 0 heterocycles. The lowest BCUT2D eigenvalue weighted by Gasteiger charge is -2.11. The first-order valence-electron chi connectivity index (χ1n) is 12.0. The zero-order valence-electron chi connectivity index (χ0n) is 20.1. The van der Waals surface area contributed by atoms with Crippen molar-refractivity contribution in [3.63, 3.8) is 0 Å². The summed E-state index contributed by atoms with van der Waals surface area (Å²) in [5, 5.41) is 6.02. The van der Waals surface area contributed by atoms with E-state index in [0.717, 1.165) is 23.6 Å². The Balaban J connectivity index is 1.15. The van der Waals surface area contributed by atoms with Gasteiger partial charge in [-0.2, -0.15) is 0 Å². The van der Waals surface area contributed by atoms with Gasteiger partial charge in [0.2, 0.25) is 5.91 Å². The largest absolute Gasteiger partial charge is 0.493 e. The van der Waals surface area contributed by atoms with Crippen LogP contribution in [0.1, 0.15) is 5.56 Å². The summed E-state index contributed by atoms with van der Waals surface area (Å²) in [4.78, 5) is 12.4. The monoisotopic (exact) mass is 482 g/mol. The van der Waals surface area contributed by atoms with E-state index in [9.17, 15) is 4.79 Å². The molecule has 184 valence electrons. The number of hydrogen-bond acceptors (Lipinski definition) is 5. The molecular weight excluding hydrogens is 452 g/mol. The maximum absolute atomic E-state index is 12.4. The van der Waals surface area contributed by atoms with Gasteiger partial charge in [0.1, 0.15) is 30.5 Å². The third-order valence-electron chi connectivity index (χ3n) is 5.29. The van der Waals surface area contributed by atoms with Crippen LogP contribution in [0.15, 0.2) is 109 Å². The van der Waals surface area contributed by atoms with Crippen LogP contribution in [0.4, 0.5) is 11.4 Å². The third kappa shape index (κ3) is 8.40. The van der Waals surface area contributed by atoms with Crippen molar-refractivity contribution < 1.29 is 19.0 Å². The van der Waals surface area contributed by atoms with Gasteiger partial charge in [0.25, 0.3) is 0 Å². The van der Waals surface area contributed by atoms with Gasteiger partial charge in [0.15, 0.2) is 0 Å². The molecule has 0 saturated heterocycles. The van der Waals surface area contributed by atoms with E-state index in [1.54, 1.807) is 0 Å². The highest BCUT2D eigenvalue weighted by molar-refractivity contribution is 5.93. The molecule has 0 aromatic heterocycles. The van der Waals surface area contributed by atoms with Crippen LogP contribution >= 0.6 is 0 Å². The second kappa shape index (κ2) is 13.4. The van der Waals surface area contributed by atoms with Crippen LogP contribution in [0.5, 0.6) is 17.2 Å². The molecule has 0 bridgehead atoms. The first-order chi connectivity index (χ1) is 17.7. The fourth-order valence-electron chi connectivity index (χ4n) is 3.49. The first-order valence-corrected chi connectivity index (χ1v) is 12.0. The Kier molecular flexibility index (Phi) is 9.21. The van der Waals surface area contributed by atoms with Gasteiger partial charge >= 0.3 is 0 Å². The molecule has 4 rings (SSSR count). The highest BCUT2D eigenvalue weighted by Gasteiger charge is 2.04. The first kappa shape index (κ1) is 24.7. The van der Waals surface area contributed by atoms with Gasteiger partial charge < -0.3 is 24.8 Å². The predicted octanol–water partition coefficient (Wildman–Crippen LogP) is 5.82. The number of anilines is 2. The number of ether oxygens (including phenoxy) is 3. The average molecular weight is 483 g/mol. The molecule has 4 aromatic carbocycles. The second-order valence-electron chi connectivity index (χ2n) is 8.05. The van der Waals surface area contributed by atoms with Gasteiger partial charge in [-0.25, -0.2) is 0 Å². The predicted molar refractivity (Wildman–Crippen MR) is 143 cm³/mol. The molecule has 0 spiro atoms. The Morgan fingerprint density at radius 1 is 0.583 bits per heavy atom. The van der Waals surface area contributed by atoms with Crippen molar-refractivity contribution in [2.24, 2.45) is 0 Å². The molecule has 0 aliphatic carbocycles. The topological polar surface area (TPSA) is 68.8 Å². The maximum Gasteiger partial charge on any atom is 0.243 e. The summed E-state index contributed by atoms with van der Waals surface area (Å²) in [6.45, 7) is 1.61. The molecule has 6 heteroatoms. The van der Waals surface area contributed by atoms with Gasteiger partial charge in [-0.15, -0.1) is 0 Å². The van der Waals surface area contributed by atoms with Crippen LogP contribution in [0.3, 0.4) is 0 Å². The molecule has 0 radical (unpaired) electrons. The van der Waals surface area contributed by atoms with E-state index in [0.29, 0.717) is 31.3 Å². The zero-order chi connectivity index (χ0) is 24.8. The molecule has 4 aromatic rings. The number of hydrogen-bond donors (Lipinski definition) is 2. The molecule has 0 aliphatic heterocycles. The summed E-state index contributed by atoms with van der Waals surface area (Å²) >= 11 is 0. The van der Waals surface area contributed by atoms with E-state index < -0.39 is 0 Å². The molecule has 0 fully saturated rings. The van der Waals surface area contributed by atoms with E-state index in [-0.39, 0.29) is 12.5 Å². The zero-order valence-corrected chi connectivity index (χ0v) is 20.1. The third-order valence-corrected chi connectivity index (χ3v) is 5.29. The van der Waals surface area contributed by atoms with E-state index in [1.807, 2.05) is 97.1 Å². The minimum absolute atomic E-state index is 0.141. The Hall–Kier alpha value is -4.45. The molecule has 36 heavy (non-hydrogen) atoms. The lowest BCUT2D eigenvalue weighted by molar-refractivity contribution is -0.114. The summed E-state index contributed by atoms with van der Waals surface area (Å²) in [7, 11) is 0. The number of rotatable bonds is 13. The van der Waals surface area contributed by atoms with Gasteiger partial charge in [-0.3, -0.25) is 4.79 Å². The fraction of sp³-hybridized carbons (Fsp3) is 0.167. The van der Waals surface area contributed by atoms with Crippen LogP contribution in [0.25, 0.3) is 0 Å². The van der Waals surface area contributed by atoms with E-state index in [4.69, 9.17) is 14.2 Å². The molecule has 2 N–H and O–H groups in total. The number of nitrogens with one attached hydrogen (secondary N) is 2. The second-order valence-corrected chi connectivity index (χ2v) is 8.05. The minimum Gasteiger partial charge on any atom is -0.493 e. The van der Waals surface area contributed by atoms with Crippen LogP contribution in [-0.2, 0) is 11.2 Å². The van der Waals surface area contributed by atoms with Gasteiger partial charge in [-0.05, 0) is 54.1 Å². The smallest absolute Gasteiger partial charge is 0.243 e. The number of amides is 1. The average Bonchev–Trinajstić information content (AvgIpc) is 2.92. The Morgan fingerprint density at radius 2 is 1.19 bits per heavy atom. The van der Waals surface area contributed by atoms with Crippen LogP contribution < -0.4 is 24.8 Å². The minimum atomic E-state index is -0.143. The van der Waals surface area contributed by atoms with Crippen LogP contribution in [-0.4, -0.2) is 32.3 Å². The van der Waals surface area contributed by atoms with E-state index in [1.165, 1.54) is 5.56 Å². The molecule has 0 atom stereocenters. The maximum atomic E-state index is 12.4. The van der Waals surface area contributed by atoms with Crippen molar-refractivity contribution in [1.29, 1.82) is 0 Å². The van der Waals surface area contributed by atoms with Crippen molar-refractivity contribution in [2.75, 3.05) is 37.0 Å². The Labute approximate surface area is 211 Å². The fourth-order valence-corrected chi connectivity index (χ4v) is 3.49. The summed E-state index contributed by atoms with van der Waals surface area (Å²) in [5.41, 5.74) is 2.76. The molecule has 1 amide bonds. The highest BCUT2D eigenvalue weighted by Crippen LogP contribution is 2.19. The highest BCUT2D eigenvalue weighted by atomic mass is 16.5. The lowest BCUT2D eigenvalue weighted by atomic mass is 10.2. The number of benzene rings is 4. The van der Waals surface area contributed by atoms with Gasteiger partial charge in [0.05, 0.1) is 13.2 Å². The van der Waals surface area contributed by atoms with E-state index in [2.05, 4.69) is 22.8 Å². The standard InChI is InChI=1S/C30H30N2O4/c33-30(23-31-26-10-7-13-29(22-26)34-19-18-24-8-3-1-4-9-24)32-25-14-16-28(17-15-25)36-21-20-35-27-11-5-2-6-12-27/h1-17,22,31H,18-21,23H2,(H,32,33). The summed E-state index contributed by atoms with van der Waals surface area (Å²) in [6, 6.07) is 34.7. The molecule has 0 aliphatic rings. The van der Waals surface area contributed by atoms with E-state index >= 15 is 0 Å².